The maximum atomic E-state index is 13.6. The van der Waals surface area contributed by atoms with E-state index in [2.05, 4.69) is 10.3 Å². The Kier molecular flexibility index (Phi) is 4.16. The number of halogens is 1. The van der Waals surface area contributed by atoms with E-state index < -0.39 is 22.5 Å². The highest BCUT2D eigenvalue weighted by molar-refractivity contribution is 7.11. The number of anilines is 1. The highest BCUT2D eigenvalue weighted by Crippen LogP contribution is 2.30. The second-order valence-corrected chi connectivity index (χ2v) is 7.00. The molecular formula is C19H12FN3O4S. The molecule has 0 atom stereocenters. The van der Waals surface area contributed by atoms with Crippen molar-refractivity contribution >= 4 is 34.4 Å². The number of hydrogen-bond donors (Lipinski definition) is 2. The number of aromatic hydroxyl groups is 1. The van der Waals surface area contributed by atoms with E-state index in [0.29, 0.717) is 22.7 Å². The highest BCUT2D eigenvalue weighted by atomic mass is 32.1. The van der Waals surface area contributed by atoms with Gasteiger partial charge in [-0.3, -0.25) is 14.4 Å². The average Bonchev–Trinajstić information content (AvgIpc) is 3.10. The SMILES string of the molecule is CC(=O)Nc1ccc(-n2c(O)c(C3=c4cc(F)ccc4=NC3=O)sc2=O)cc1. The zero-order valence-electron chi connectivity index (χ0n) is 14.4. The number of benzene rings is 2. The highest BCUT2D eigenvalue weighted by Gasteiger charge is 2.26. The first kappa shape index (κ1) is 17.8. The minimum absolute atomic E-state index is 0.0114. The first-order chi connectivity index (χ1) is 13.3. The predicted octanol–water partition coefficient (Wildman–Crippen LogP) is 1.06. The largest absolute Gasteiger partial charge is 0.493 e. The standard InChI is InChI=1S/C19H12FN3O4S/c1-9(24)21-11-3-5-12(6-4-11)23-18(26)16(28-19(23)27)15-13-8-10(20)2-7-14(13)22-17(15)25/h2-8,26H,1H3,(H,21,24). The van der Waals surface area contributed by atoms with Crippen LogP contribution in [0.2, 0.25) is 0 Å². The maximum absolute atomic E-state index is 13.6. The Balaban J connectivity index is 1.87. The monoisotopic (exact) mass is 397 g/mol. The molecule has 28 heavy (non-hydrogen) atoms. The third-order valence-corrected chi connectivity index (χ3v) is 5.07. The van der Waals surface area contributed by atoms with E-state index in [0.717, 1.165) is 10.6 Å². The molecule has 0 saturated heterocycles. The Morgan fingerprint density at radius 2 is 1.89 bits per heavy atom. The molecule has 2 aromatic carbocycles. The molecule has 0 fully saturated rings. The van der Waals surface area contributed by atoms with Gasteiger partial charge in [0.15, 0.2) is 0 Å². The summed E-state index contributed by atoms with van der Waals surface area (Å²) in [4.78, 5) is 39.3. The van der Waals surface area contributed by atoms with Gasteiger partial charge >= 0.3 is 4.87 Å². The number of nitrogens with one attached hydrogen (secondary N) is 1. The van der Waals surface area contributed by atoms with Crippen LogP contribution in [0.5, 0.6) is 5.88 Å². The van der Waals surface area contributed by atoms with Crippen LogP contribution in [0.25, 0.3) is 11.3 Å². The van der Waals surface area contributed by atoms with Crippen LogP contribution in [0.15, 0.2) is 52.3 Å². The molecule has 4 rings (SSSR count). The lowest BCUT2D eigenvalue weighted by Crippen LogP contribution is -2.23. The van der Waals surface area contributed by atoms with Crippen molar-refractivity contribution in [3.8, 4) is 11.6 Å². The van der Waals surface area contributed by atoms with Gasteiger partial charge in [0.2, 0.25) is 11.8 Å². The van der Waals surface area contributed by atoms with Gasteiger partial charge in [-0.2, -0.15) is 0 Å². The molecule has 1 aromatic heterocycles. The van der Waals surface area contributed by atoms with Crippen molar-refractivity contribution in [3.63, 3.8) is 0 Å². The zero-order chi connectivity index (χ0) is 20.0. The normalized spacial score (nSPS) is 12.6. The van der Waals surface area contributed by atoms with Crippen LogP contribution in [0, 0.1) is 5.82 Å². The van der Waals surface area contributed by atoms with E-state index >= 15 is 0 Å². The molecule has 2 heterocycles. The molecule has 140 valence electrons. The number of fused-ring (bicyclic) bond motifs is 1. The van der Waals surface area contributed by atoms with E-state index in [1.165, 1.54) is 19.1 Å². The first-order valence-corrected chi connectivity index (χ1v) is 8.93. The lowest BCUT2D eigenvalue weighted by atomic mass is 10.1. The van der Waals surface area contributed by atoms with Crippen LogP contribution in [0.1, 0.15) is 11.8 Å². The average molecular weight is 397 g/mol. The van der Waals surface area contributed by atoms with Gasteiger partial charge in [0.1, 0.15) is 10.7 Å². The molecule has 0 radical (unpaired) electrons. The molecule has 2 N–H and O–H groups in total. The van der Waals surface area contributed by atoms with Crippen molar-refractivity contribution < 1.29 is 19.1 Å². The first-order valence-electron chi connectivity index (χ1n) is 8.11. The lowest BCUT2D eigenvalue weighted by molar-refractivity contribution is -0.114. The van der Waals surface area contributed by atoms with Gasteiger partial charge in [0.05, 0.1) is 16.6 Å². The smallest absolute Gasteiger partial charge is 0.315 e. The third kappa shape index (κ3) is 2.91. The maximum Gasteiger partial charge on any atom is 0.315 e. The summed E-state index contributed by atoms with van der Waals surface area (Å²) >= 11 is 0.668. The van der Waals surface area contributed by atoms with Crippen molar-refractivity contribution in [2.45, 2.75) is 6.92 Å². The molecule has 0 unspecified atom stereocenters. The number of hydrogen-bond acceptors (Lipinski definition) is 5. The van der Waals surface area contributed by atoms with Crippen molar-refractivity contribution in [1.29, 1.82) is 0 Å². The topological polar surface area (TPSA) is 101 Å². The molecular weight excluding hydrogens is 385 g/mol. The Hall–Kier alpha value is -3.59. The number of amides is 2. The summed E-state index contributed by atoms with van der Waals surface area (Å²) in [5.74, 6) is -1.87. The Morgan fingerprint density at radius 1 is 1.18 bits per heavy atom. The van der Waals surface area contributed by atoms with Gasteiger partial charge in [-0.15, -0.1) is 0 Å². The number of carbonyl (C=O) groups is 2. The van der Waals surface area contributed by atoms with Gasteiger partial charge in [-0.25, -0.2) is 13.9 Å². The number of aromatic nitrogens is 1. The van der Waals surface area contributed by atoms with Crippen molar-refractivity contribution in [2.24, 2.45) is 4.99 Å². The number of nitrogens with zero attached hydrogens (tertiary/aromatic N) is 2. The van der Waals surface area contributed by atoms with Crippen LogP contribution in [-0.4, -0.2) is 21.5 Å². The van der Waals surface area contributed by atoms with E-state index in [9.17, 15) is 23.9 Å². The van der Waals surface area contributed by atoms with Gasteiger partial charge in [0.25, 0.3) is 5.91 Å². The second kappa shape index (κ2) is 6.54. The molecule has 0 bridgehead atoms. The Labute approximate surface area is 160 Å². The molecule has 1 aliphatic heterocycles. The van der Waals surface area contributed by atoms with Crippen molar-refractivity contribution in [1.82, 2.24) is 4.57 Å². The molecule has 3 aromatic rings. The van der Waals surface area contributed by atoms with Crippen LogP contribution in [0.3, 0.4) is 0 Å². The summed E-state index contributed by atoms with van der Waals surface area (Å²) < 4.78 is 14.7. The number of carbonyl (C=O) groups excluding carboxylic acids is 2. The van der Waals surface area contributed by atoms with Crippen LogP contribution in [-0.2, 0) is 9.59 Å². The lowest BCUT2D eigenvalue weighted by Gasteiger charge is -2.06. The summed E-state index contributed by atoms with van der Waals surface area (Å²) in [7, 11) is 0. The summed E-state index contributed by atoms with van der Waals surface area (Å²) in [6, 6.07) is 9.94. The third-order valence-electron chi connectivity index (χ3n) is 4.12. The zero-order valence-corrected chi connectivity index (χ0v) is 15.2. The minimum atomic E-state index is -0.648. The molecule has 2 amide bonds. The van der Waals surface area contributed by atoms with E-state index in [1.54, 1.807) is 24.3 Å². The summed E-state index contributed by atoms with van der Waals surface area (Å²) in [5, 5.41) is 13.8. The van der Waals surface area contributed by atoms with E-state index in [1.807, 2.05) is 0 Å². The number of rotatable bonds is 3. The second-order valence-electron chi connectivity index (χ2n) is 6.04. The van der Waals surface area contributed by atoms with Gasteiger partial charge in [0, 0.05) is 17.8 Å². The molecule has 1 aliphatic rings. The van der Waals surface area contributed by atoms with Crippen LogP contribution in [0.4, 0.5) is 10.1 Å². The minimum Gasteiger partial charge on any atom is -0.493 e. The van der Waals surface area contributed by atoms with Crippen molar-refractivity contribution in [3.05, 3.63) is 73.4 Å². The fourth-order valence-electron chi connectivity index (χ4n) is 2.96. The summed E-state index contributed by atoms with van der Waals surface area (Å²) in [6.07, 6.45) is 0. The Bertz CT molecular complexity index is 1320. The molecule has 0 aliphatic carbocycles. The molecule has 0 saturated carbocycles. The van der Waals surface area contributed by atoms with Crippen LogP contribution >= 0.6 is 11.3 Å². The fraction of sp³-hybridized carbons (Fsp3) is 0.0526. The molecule has 7 nitrogen and oxygen atoms in total. The van der Waals surface area contributed by atoms with Gasteiger partial charge in [-0.05, 0) is 42.5 Å². The van der Waals surface area contributed by atoms with Crippen LogP contribution < -0.4 is 20.8 Å². The fourth-order valence-corrected chi connectivity index (χ4v) is 3.90. The summed E-state index contributed by atoms with van der Waals surface area (Å²) in [5.41, 5.74) is 0.868. The predicted molar refractivity (Wildman–Crippen MR) is 101 cm³/mol. The van der Waals surface area contributed by atoms with Crippen molar-refractivity contribution in [2.75, 3.05) is 5.32 Å². The van der Waals surface area contributed by atoms with Gasteiger partial charge in [-0.1, -0.05) is 11.3 Å². The van der Waals surface area contributed by atoms with E-state index in [-0.39, 0.29) is 26.9 Å². The quantitative estimate of drug-likeness (QED) is 0.690. The molecule has 9 heteroatoms. The van der Waals surface area contributed by atoms with E-state index in [4.69, 9.17) is 0 Å². The van der Waals surface area contributed by atoms with Gasteiger partial charge < -0.3 is 10.4 Å². The molecule has 0 spiro atoms. The summed E-state index contributed by atoms with van der Waals surface area (Å²) in [6.45, 7) is 1.37. The Morgan fingerprint density at radius 3 is 2.57 bits per heavy atom. The number of thiazole rings is 1.